The normalized spacial score (nSPS) is 23.3. The van der Waals surface area contributed by atoms with E-state index in [4.69, 9.17) is 15.5 Å². The van der Waals surface area contributed by atoms with E-state index in [0.29, 0.717) is 17.2 Å². The first-order valence-corrected chi connectivity index (χ1v) is 13.6. The van der Waals surface area contributed by atoms with Crippen LogP contribution >= 0.6 is 15.9 Å². The number of methoxy groups -OCH3 is 1. The first-order chi connectivity index (χ1) is 17.4. The molecule has 2 aromatic carbocycles. The summed E-state index contributed by atoms with van der Waals surface area (Å²) in [6.45, 7) is 1.73. The number of nitrogens with zero attached hydrogens (tertiary/aromatic N) is 4. The Morgan fingerprint density at radius 1 is 1.17 bits per heavy atom. The summed E-state index contributed by atoms with van der Waals surface area (Å²) >= 11 is 3.62. The topological polar surface area (TPSA) is 78.3 Å². The van der Waals surface area contributed by atoms with Gasteiger partial charge in [0.05, 0.1) is 18.3 Å². The van der Waals surface area contributed by atoms with Gasteiger partial charge in [-0.15, -0.1) is 0 Å². The molecule has 3 aliphatic rings. The summed E-state index contributed by atoms with van der Waals surface area (Å²) in [4.78, 5) is 20.6. The van der Waals surface area contributed by atoms with Crippen LogP contribution in [0, 0.1) is 11.8 Å². The molecule has 2 aliphatic carbocycles. The summed E-state index contributed by atoms with van der Waals surface area (Å²) in [5, 5.41) is 1.19. The summed E-state index contributed by atoms with van der Waals surface area (Å²) < 4.78 is 11.4. The number of imidazole rings is 1. The Bertz CT molecular complexity index is 1530. The lowest BCUT2D eigenvalue weighted by Crippen LogP contribution is -2.41. The van der Waals surface area contributed by atoms with Crippen LogP contribution < -0.4 is 10.5 Å². The van der Waals surface area contributed by atoms with Gasteiger partial charge in [-0.3, -0.25) is 4.79 Å². The third kappa shape index (κ3) is 3.34. The van der Waals surface area contributed by atoms with Crippen molar-refractivity contribution in [3.8, 4) is 17.3 Å². The molecule has 1 amide bonds. The number of hydrogen-bond acceptors (Lipinski definition) is 4. The van der Waals surface area contributed by atoms with Crippen LogP contribution in [-0.2, 0) is 13.6 Å². The van der Waals surface area contributed by atoms with Crippen molar-refractivity contribution in [2.24, 2.45) is 24.6 Å². The fourth-order valence-electron chi connectivity index (χ4n) is 6.45. The van der Waals surface area contributed by atoms with Crippen molar-refractivity contribution in [2.75, 3.05) is 13.7 Å². The van der Waals surface area contributed by atoms with Crippen molar-refractivity contribution in [1.29, 1.82) is 0 Å². The molecule has 36 heavy (non-hydrogen) atoms. The van der Waals surface area contributed by atoms with Crippen molar-refractivity contribution in [2.45, 2.75) is 44.3 Å². The largest absolute Gasteiger partial charge is 0.494 e. The molecule has 2 saturated carbocycles. The number of carbonyl (C=O) groups excluding carboxylic acids is 1. The van der Waals surface area contributed by atoms with Crippen LogP contribution in [0.1, 0.15) is 36.0 Å². The summed E-state index contributed by atoms with van der Waals surface area (Å²) in [6.07, 6.45) is 4.66. The lowest BCUT2D eigenvalue weighted by Gasteiger charge is -2.27. The Kier molecular flexibility index (Phi) is 5.02. The molecule has 3 heterocycles. The van der Waals surface area contributed by atoms with Gasteiger partial charge in [0.2, 0.25) is 0 Å². The van der Waals surface area contributed by atoms with E-state index in [0.717, 1.165) is 58.9 Å². The standard InChI is InChI=1S/C28H30BrN5O2/c1-32-26-20(10-18(12-24(26)36-2)28(35)34-14-16-5-7-22(34)25(16)30)31-27(32)23-11-17-9-19(29)6-8-21(17)33(23)13-15-3-4-15/h6,8-12,15-16,22,25H,3-5,7,13-14,30H2,1-2H3/t16-,22?,25-/m1/s1. The predicted molar refractivity (Wildman–Crippen MR) is 144 cm³/mol. The molecule has 3 atom stereocenters. The summed E-state index contributed by atoms with van der Waals surface area (Å²) in [7, 11) is 3.69. The SMILES string of the molecule is COc1cc(C(=O)N2C[C@H]3CCC2[C@@H]3N)cc2nc(-c3cc4cc(Br)ccc4n3CC3CC3)n(C)c12. The summed E-state index contributed by atoms with van der Waals surface area (Å²) in [6, 6.07) is 12.7. The van der Waals surface area contributed by atoms with Crippen LogP contribution in [0.2, 0.25) is 0 Å². The van der Waals surface area contributed by atoms with E-state index >= 15 is 0 Å². The van der Waals surface area contributed by atoms with E-state index in [2.05, 4.69) is 49.3 Å². The number of rotatable bonds is 5. The van der Waals surface area contributed by atoms with Gasteiger partial charge < -0.3 is 24.5 Å². The molecule has 186 valence electrons. The minimum Gasteiger partial charge on any atom is -0.494 e. The molecular formula is C28H30BrN5O2. The second-order valence-electron chi connectivity index (χ2n) is 10.8. The van der Waals surface area contributed by atoms with Gasteiger partial charge in [0.1, 0.15) is 11.3 Å². The number of nitrogens with two attached hydrogens (primary N) is 1. The fourth-order valence-corrected chi connectivity index (χ4v) is 6.83. The lowest BCUT2D eigenvalue weighted by molar-refractivity contribution is 0.0700. The highest BCUT2D eigenvalue weighted by Gasteiger charge is 2.47. The van der Waals surface area contributed by atoms with Gasteiger partial charge in [-0.2, -0.15) is 0 Å². The molecular weight excluding hydrogens is 518 g/mol. The monoisotopic (exact) mass is 547 g/mol. The quantitative estimate of drug-likeness (QED) is 0.384. The van der Waals surface area contributed by atoms with Crippen molar-refractivity contribution in [3.63, 3.8) is 0 Å². The number of benzene rings is 2. The third-order valence-corrected chi connectivity index (χ3v) is 9.04. The Morgan fingerprint density at radius 2 is 2.00 bits per heavy atom. The second-order valence-corrected chi connectivity index (χ2v) is 11.7. The van der Waals surface area contributed by atoms with Crippen molar-refractivity contribution in [1.82, 2.24) is 19.0 Å². The number of halogens is 1. The number of fused-ring (bicyclic) bond motifs is 4. The smallest absolute Gasteiger partial charge is 0.254 e. The lowest BCUT2D eigenvalue weighted by atomic mass is 10.1. The first-order valence-electron chi connectivity index (χ1n) is 12.8. The van der Waals surface area contributed by atoms with E-state index in [-0.39, 0.29) is 18.0 Å². The van der Waals surface area contributed by atoms with E-state index in [1.807, 2.05) is 24.1 Å². The van der Waals surface area contributed by atoms with Gasteiger partial charge >= 0.3 is 0 Å². The zero-order valence-corrected chi connectivity index (χ0v) is 22.2. The highest BCUT2D eigenvalue weighted by Crippen LogP contribution is 2.40. The number of likely N-dealkylation sites (tertiary alicyclic amines) is 1. The second kappa shape index (κ2) is 8.08. The molecule has 1 saturated heterocycles. The molecule has 4 aromatic rings. The number of aryl methyl sites for hydroxylation is 1. The molecule has 7 rings (SSSR count). The van der Waals surface area contributed by atoms with Crippen LogP contribution in [0.4, 0.5) is 0 Å². The predicted octanol–water partition coefficient (Wildman–Crippen LogP) is 4.94. The summed E-state index contributed by atoms with van der Waals surface area (Å²) in [5.41, 5.74) is 11.0. The molecule has 1 unspecified atom stereocenters. The molecule has 0 spiro atoms. The van der Waals surface area contributed by atoms with E-state index < -0.39 is 0 Å². The highest BCUT2D eigenvalue weighted by atomic mass is 79.9. The average Bonchev–Trinajstić information content (AvgIpc) is 3.28. The molecule has 2 N–H and O–H groups in total. The van der Waals surface area contributed by atoms with E-state index in [1.54, 1.807) is 7.11 Å². The molecule has 2 bridgehead atoms. The van der Waals surface area contributed by atoms with Gasteiger partial charge in [0, 0.05) is 53.2 Å². The van der Waals surface area contributed by atoms with Gasteiger partial charge in [-0.25, -0.2) is 4.98 Å². The Hall–Kier alpha value is -2.84. The Morgan fingerprint density at radius 3 is 2.69 bits per heavy atom. The molecule has 1 aliphatic heterocycles. The van der Waals surface area contributed by atoms with Crippen LogP contribution in [0.5, 0.6) is 5.75 Å². The fraction of sp³-hybridized carbons (Fsp3) is 0.429. The summed E-state index contributed by atoms with van der Waals surface area (Å²) in [5.74, 6) is 2.71. The maximum atomic E-state index is 13.6. The van der Waals surface area contributed by atoms with E-state index in [1.165, 1.54) is 23.7 Å². The minimum absolute atomic E-state index is 0.0257. The zero-order chi connectivity index (χ0) is 24.7. The van der Waals surface area contributed by atoms with Crippen LogP contribution in [0.15, 0.2) is 40.9 Å². The zero-order valence-electron chi connectivity index (χ0n) is 20.6. The number of piperidine rings is 1. The van der Waals surface area contributed by atoms with Crippen LogP contribution in [0.3, 0.4) is 0 Å². The molecule has 7 nitrogen and oxygen atoms in total. The average molecular weight is 548 g/mol. The van der Waals surface area contributed by atoms with Gasteiger partial charge in [-0.1, -0.05) is 15.9 Å². The number of aromatic nitrogens is 3. The molecule has 8 heteroatoms. The van der Waals surface area contributed by atoms with Gasteiger partial charge in [0.15, 0.2) is 5.82 Å². The molecule has 0 radical (unpaired) electrons. The number of carbonyl (C=O) groups is 1. The first kappa shape index (κ1) is 22.4. The Balaban J connectivity index is 1.35. The maximum absolute atomic E-state index is 13.6. The Labute approximate surface area is 218 Å². The van der Waals surface area contributed by atoms with Crippen LogP contribution in [-0.4, -0.2) is 50.7 Å². The highest BCUT2D eigenvalue weighted by molar-refractivity contribution is 9.10. The van der Waals surface area contributed by atoms with Crippen LogP contribution in [0.25, 0.3) is 33.5 Å². The van der Waals surface area contributed by atoms with Gasteiger partial charge in [-0.05, 0) is 73.9 Å². The van der Waals surface area contributed by atoms with Crippen molar-refractivity contribution in [3.05, 3.63) is 46.4 Å². The maximum Gasteiger partial charge on any atom is 0.254 e. The number of hydrogen-bond donors (Lipinski definition) is 1. The molecule has 3 fully saturated rings. The third-order valence-electron chi connectivity index (χ3n) is 8.55. The minimum atomic E-state index is 0.0257. The van der Waals surface area contributed by atoms with Crippen molar-refractivity contribution >= 4 is 43.8 Å². The van der Waals surface area contributed by atoms with Crippen molar-refractivity contribution < 1.29 is 9.53 Å². The van der Waals surface area contributed by atoms with E-state index in [9.17, 15) is 4.79 Å². The van der Waals surface area contributed by atoms with Gasteiger partial charge in [0.25, 0.3) is 5.91 Å². The molecule has 2 aromatic heterocycles. The number of ether oxygens (including phenoxy) is 1. The number of amides is 1.